The largest absolute Gasteiger partial charge is 0.330 e. The molecule has 0 radical (unpaired) electrons. The molecule has 2 aromatic rings. The highest BCUT2D eigenvalue weighted by Gasteiger charge is 2.12. The highest BCUT2D eigenvalue weighted by molar-refractivity contribution is 5.75. The molecular weight excluding hydrogens is 248 g/mol. The maximum atomic E-state index is 5.61. The van der Waals surface area contributed by atoms with E-state index in [4.69, 9.17) is 10.7 Å². The predicted octanol–water partition coefficient (Wildman–Crippen LogP) is 2.62. The van der Waals surface area contributed by atoms with E-state index in [9.17, 15) is 0 Å². The number of aromatic nitrogens is 2. The molecule has 0 fully saturated rings. The van der Waals surface area contributed by atoms with Crippen molar-refractivity contribution in [2.24, 2.45) is 5.73 Å². The van der Waals surface area contributed by atoms with Crippen LogP contribution in [0.1, 0.15) is 32.5 Å². The van der Waals surface area contributed by atoms with Crippen LogP contribution in [0, 0.1) is 0 Å². The van der Waals surface area contributed by atoms with Crippen molar-refractivity contribution in [3.05, 3.63) is 30.1 Å². The zero-order chi connectivity index (χ0) is 14.4. The van der Waals surface area contributed by atoms with Crippen LogP contribution in [0.4, 0.5) is 0 Å². The average Bonchev–Trinajstić information content (AvgIpc) is 2.83. The third-order valence-corrected chi connectivity index (χ3v) is 3.83. The van der Waals surface area contributed by atoms with E-state index in [2.05, 4.69) is 47.6 Å². The Morgan fingerprint density at radius 1 is 1.15 bits per heavy atom. The smallest absolute Gasteiger partial charge is 0.124 e. The number of benzene rings is 1. The summed E-state index contributed by atoms with van der Waals surface area (Å²) in [6.07, 6.45) is 2.18. The van der Waals surface area contributed by atoms with Crippen molar-refractivity contribution < 1.29 is 0 Å². The molecule has 0 unspecified atom stereocenters. The maximum absolute atomic E-state index is 5.61. The monoisotopic (exact) mass is 274 g/mol. The van der Waals surface area contributed by atoms with E-state index in [1.165, 1.54) is 11.3 Å². The number of unbranched alkanes of at least 4 members (excludes halogenated alkanes) is 1. The number of aryl methyl sites for hydroxylation is 1. The molecule has 0 bridgehead atoms. The summed E-state index contributed by atoms with van der Waals surface area (Å²) in [5.41, 5.74) is 7.95. The second-order valence-corrected chi connectivity index (χ2v) is 5.13. The predicted molar refractivity (Wildman–Crippen MR) is 84.6 cm³/mol. The molecular formula is C16H26N4. The van der Waals surface area contributed by atoms with E-state index >= 15 is 0 Å². The quantitative estimate of drug-likeness (QED) is 0.753. The summed E-state index contributed by atoms with van der Waals surface area (Å²) in [5, 5.41) is 0. The topological polar surface area (TPSA) is 47.1 Å². The molecule has 1 aromatic carbocycles. The minimum atomic E-state index is 0.762. The summed E-state index contributed by atoms with van der Waals surface area (Å²) >= 11 is 0. The van der Waals surface area contributed by atoms with Gasteiger partial charge in [-0.3, -0.25) is 4.90 Å². The van der Waals surface area contributed by atoms with E-state index in [1.54, 1.807) is 0 Å². The van der Waals surface area contributed by atoms with Gasteiger partial charge in [0.2, 0.25) is 0 Å². The Labute approximate surface area is 121 Å². The Hall–Kier alpha value is -1.39. The number of para-hydroxylation sites is 2. The Morgan fingerprint density at radius 2 is 1.90 bits per heavy atom. The van der Waals surface area contributed by atoms with Gasteiger partial charge >= 0.3 is 0 Å². The number of hydrogen-bond acceptors (Lipinski definition) is 3. The first kappa shape index (κ1) is 15.0. The van der Waals surface area contributed by atoms with Gasteiger partial charge in [-0.15, -0.1) is 0 Å². The van der Waals surface area contributed by atoms with Crippen molar-refractivity contribution in [1.29, 1.82) is 0 Å². The van der Waals surface area contributed by atoms with Gasteiger partial charge in [0.25, 0.3) is 0 Å². The van der Waals surface area contributed by atoms with Crippen LogP contribution >= 0.6 is 0 Å². The zero-order valence-electron chi connectivity index (χ0n) is 12.7. The van der Waals surface area contributed by atoms with Gasteiger partial charge in [-0.1, -0.05) is 26.0 Å². The highest BCUT2D eigenvalue weighted by atomic mass is 15.2. The lowest BCUT2D eigenvalue weighted by atomic mass is 10.3. The number of fused-ring (bicyclic) bond motifs is 1. The molecule has 0 saturated carbocycles. The van der Waals surface area contributed by atoms with Crippen molar-refractivity contribution >= 4 is 11.0 Å². The first-order chi connectivity index (χ1) is 9.80. The molecule has 1 aromatic heterocycles. The van der Waals surface area contributed by atoms with Crippen LogP contribution in [-0.2, 0) is 13.1 Å². The molecule has 0 saturated heterocycles. The van der Waals surface area contributed by atoms with Gasteiger partial charge in [-0.05, 0) is 44.6 Å². The Balaban J connectivity index is 2.28. The highest BCUT2D eigenvalue weighted by Crippen LogP contribution is 2.18. The Bertz CT molecular complexity index is 528. The van der Waals surface area contributed by atoms with E-state index in [-0.39, 0.29) is 0 Å². The summed E-state index contributed by atoms with van der Waals surface area (Å²) < 4.78 is 2.36. The second-order valence-electron chi connectivity index (χ2n) is 5.13. The fraction of sp³-hybridized carbons (Fsp3) is 0.562. The lowest BCUT2D eigenvalue weighted by Gasteiger charge is -2.18. The molecule has 0 aliphatic rings. The molecule has 2 rings (SSSR count). The van der Waals surface area contributed by atoms with Crippen LogP contribution in [0.15, 0.2) is 24.3 Å². The van der Waals surface area contributed by atoms with Gasteiger partial charge in [0.15, 0.2) is 0 Å². The molecule has 0 atom stereocenters. The number of imidazole rings is 1. The molecule has 2 N–H and O–H groups in total. The van der Waals surface area contributed by atoms with Crippen molar-refractivity contribution in [3.63, 3.8) is 0 Å². The van der Waals surface area contributed by atoms with Crippen LogP contribution in [-0.4, -0.2) is 34.1 Å². The van der Waals surface area contributed by atoms with Crippen LogP contribution in [0.25, 0.3) is 11.0 Å². The Morgan fingerprint density at radius 3 is 2.60 bits per heavy atom. The fourth-order valence-corrected chi connectivity index (χ4v) is 2.56. The molecule has 4 nitrogen and oxygen atoms in total. The fourth-order valence-electron chi connectivity index (χ4n) is 2.56. The molecule has 20 heavy (non-hydrogen) atoms. The SMILES string of the molecule is CCN(CC)Cc1nc2ccccc2n1CCCCN. The molecule has 0 aliphatic carbocycles. The van der Waals surface area contributed by atoms with Crippen LogP contribution in [0.2, 0.25) is 0 Å². The summed E-state index contributed by atoms with van der Waals surface area (Å²) in [6.45, 7) is 9.21. The van der Waals surface area contributed by atoms with Crippen molar-refractivity contribution in [3.8, 4) is 0 Å². The van der Waals surface area contributed by atoms with Gasteiger partial charge in [-0.25, -0.2) is 4.98 Å². The number of hydrogen-bond donors (Lipinski definition) is 1. The van der Waals surface area contributed by atoms with E-state index in [0.29, 0.717) is 0 Å². The number of nitrogens with two attached hydrogens (primary N) is 1. The summed E-state index contributed by atoms with van der Waals surface area (Å²) in [5.74, 6) is 1.17. The zero-order valence-corrected chi connectivity index (χ0v) is 12.7. The van der Waals surface area contributed by atoms with E-state index in [0.717, 1.165) is 51.1 Å². The molecule has 0 aliphatic heterocycles. The number of nitrogens with zero attached hydrogens (tertiary/aromatic N) is 3. The minimum absolute atomic E-state index is 0.762. The van der Waals surface area contributed by atoms with Gasteiger partial charge < -0.3 is 10.3 Å². The first-order valence-electron chi connectivity index (χ1n) is 7.66. The Kier molecular flexibility index (Phi) is 5.56. The average molecular weight is 274 g/mol. The van der Waals surface area contributed by atoms with Crippen molar-refractivity contribution in [1.82, 2.24) is 14.5 Å². The standard InChI is InChI=1S/C16H26N4/c1-3-19(4-2)13-16-18-14-9-5-6-10-15(14)20(16)12-8-7-11-17/h5-6,9-10H,3-4,7-8,11-13,17H2,1-2H3. The lowest BCUT2D eigenvalue weighted by Crippen LogP contribution is -2.24. The minimum Gasteiger partial charge on any atom is -0.330 e. The van der Waals surface area contributed by atoms with Crippen LogP contribution in [0.5, 0.6) is 0 Å². The van der Waals surface area contributed by atoms with E-state index < -0.39 is 0 Å². The first-order valence-corrected chi connectivity index (χ1v) is 7.66. The van der Waals surface area contributed by atoms with Crippen LogP contribution in [0.3, 0.4) is 0 Å². The van der Waals surface area contributed by atoms with E-state index in [1.807, 2.05) is 0 Å². The molecule has 110 valence electrons. The maximum Gasteiger partial charge on any atom is 0.124 e. The molecule has 4 heteroatoms. The normalized spacial score (nSPS) is 11.6. The van der Waals surface area contributed by atoms with Crippen LogP contribution < -0.4 is 5.73 Å². The van der Waals surface area contributed by atoms with Gasteiger partial charge in [0.1, 0.15) is 5.82 Å². The third kappa shape index (κ3) is 3.38. The molecule has 0 spiro atoms. The molecule has 0 amide bonds. The summed E-state index contributed by atoms with van der Waals surface area (Å²) in [4.78, 5) is 7.22. The summed E-state index contributed by atoms with van der Waals surface area (Å²) in [6, 6.07) is 8.41. The van der Waals surface area contributed by atoms with Gasteiger partial charge in [0.05, 0.1) is 17.6 Å². The second kappa shape index (κ2) is 7.41. The molecule has 1 heterocycles. The lowest BCUT2D eigenvalue weighted by molar-refractivity contribution is 0.283. The van der Waals surface area contributed by atoms with Gasteiger partial charge in [0, 0.05) is 6.54 Å². The third-order valence-electron chi connectivity index (χ3n) is 3.83. The summed E-state index contributed by atoms with van der Waals surface area (Å²) in [7, 11) is 0. The number of rotatable bonds is 8. The van der Waals surface area contributed by atoms with Crippen molar-refractivity contribution in [2.75, 3.05) is 19.6 Å². The van der Waals surface area contributed by atoms with Gasteiger partial charge in [-0.2, -0.15) is 0 Å². The van der Waals surface area contributed by atoms with Crippen molar-refractivity contribution in [2.45, 2.75) is 39.8 Å².